The highest BCUT2D eigenvalue weighted by Crippen LogP contribution is 2.44. The maximum Gasteiger partial charge on any atom is 0.339 e. The minimum atomic E-state index is -0.637. The number of rotatable bonds is 1. The van der Waals surface area contributed by atoms with Crippen molar-refractivity contribution in [3.63, 3.8) is 0 Å². The Morgan fingerprint density at radius 2 is 1.84 bits per heavy atom. The van der Waals surface area contributed by atoms with Gasteiger partial charge in [-0.25, -0.2) is 9.48 Å². The van der Waals surface area contributed by atoms with E-state index in [0.29, 0.717) is 31.5 Å². The molecule has 2 aromatic rings. The zero-order chi connectivity index (χ0) is 17.6. The Morgan fingerprint density at radius 3 is 2.56 bits per heavy atom. The number of esters is 1. The topological polar surface area (TPSA) is 81.5 Å². The summed E-state index contributed by atoms with van der Waals surface area (Å²) in [5.41, 5.74) is 0.862. The van der Waals surface area contributed by atoms with Crippen LogP contribution in [0.4, 0.5) is 0 Å². The molecule has 0 aliphatic carbocycles. The van der Waals surface area contributed by atoms with Crippen molar-refractivity contribution in [1.29, 1.82) is 0 Å². The molecule has 0 radical (unpaired) electrons. The number of carbonyl (C=O) groups excluding carboxylic acids is 2. The van der Waals surface area contributed by atoms with Gasteiger partial charge in [0.1, 0.15) is 11.3 Å². The molecule has 0 unspecified atom stereocenters. The fourth-order valence-corrected chi connectivity index (χ4v) is 3.57. The van der Waals surface area contributed by atoms with E-state index in [2.05, 4.69) is 5.10 Å². The van der Waals surface area contributed by atoms with Crippen molar-refractivity contribution in [2.24, 2.45) is 7.05 Å². The monoisotopic (exact) mass is 339 g/mol. The van der Waals surface area contributed by atoms with Gasteiger partial charge in [0.15, 0.2) is 0 Å². The number of nitrogens with zero attached hydrogens (tertiary/aromatic N) is 3. The van der Waals surface area contributed by atoms with Crippen LogP contribution in [0.1, 0.15) is 39.3 Å². The van der Waals surface area contributed by atoms with Gasteiger partial charge in [-0.05, 0) is 12.1 Å². The third-order valence-electron chi connectivity index (χ3n) is 4.96. The predicted molar refractivity (Wildman–Crippen MR) is 88.2 cm³/mol. The van der Waals surface area contributed by atoms with Crippen molar-refractivity contribution in [2.45, 2.75) is 18.4 Å². The average molecular weight is 339 g/mol. The molecule has 3 heterocycles. The van der Waals surface area contributed by atoms with Gasteiger partial charge in [0.05, 0.1) is 5.56 Å². The molecule has 1 saturated heterocycles. The summed E-state index contributed by atoms with van der Waals surface area (Å²) in [6, 6.07) is 10.2. The minimum Gasteiger partial charge on any atom is -0.450 e. The van der Waals surface area contributed by atoms with Crippen LogP contribution in [0.3, 0.4) is 0 Å². The Bertz CT molecular complexity index is 926. The highest BCUT2D eigenvalue weighted by Gasteiger charge is 2.47. The fourth-order valence-electron chi connectivity index (χ4n) is 3.57. The molecule has 7 nitrogen and oxygen atoms in total. The smallest absolute Gasteiger partial charge is 0.339 e. The summed E-state index contributed by atoms with van der Waals surface area (Å²) in [7, 11) is 1.51. The first-order valence-corrected chi connectivity index (χ1v) is 8.17. The van der Waals surface area contributed by atoms with Crippen molar-refractivity contribution in [1.82, 2.24) is 14.7 Å². The number of amides is 1. The largest absolute Gasteiger partial charge is 0.450 e. The van der Waals surface area contributed by atoms with E-state index in [9.17, 15) is 14.4 Å². The summed E-state index contributed by atoms with van der Waals surface area (Å²) >= 11 is 0. The number of hydrogen-bond acceptors (Lipinski definition) is 5. The van der Waals surface area contributed by atoms with E-state index in [1.54, 1.807) is 11.0 Å². The van der Waals surface area contributed by atoms with E-state index < -0.39 is 5.60 Å². The molecule has 128 valence electrons. The number of ether oxygens (including phenoxy) is 1. The minimum absolute atomic E-state index is 0.219. The van der Waals surface area contributed by atoms with Crippen LogP contribution in [0.5, 0.6) is 0 Å². The molecule has 2 aliphatic heterocycles. The number of piperidine rings is 1. The van der Waals surface area contributed by atoms with Crippen molar-refractivity contribution in [2.75, 3.05) is 13.1 Å². The highest BCUT2D eigenvalue weighted by atomic mass is 16.6. The first-order chi connectivity index (χ1) is 12.0. The highest BCUT2D eigenvalue weighted by molar-refractivity contribution is 5.95. The van der Waals surface area contributed by atoms with Gasteiger partial charge in [0, 0.05) is 44.6 Å². The first kappa shape index (κ1) is 15.6. The maximum absolute atomic E-state index is 12.6. The van der Waals surface area contributed by atoms with Gasteiger partial charge in [0.2, 0.25) is 0 Å². The number of aryl methyl sites for hydroxylation is 1. The number of benzene rings is 1. The third-order valence-corrected chi connectivity index (χ3v) is 4.96. The van der Waals surface area contributed by atoms with E-state index in [1.165, 1.54) is 19.2 Å². The van der Waals surface area contributed by atoms with E-state index in [-0.39, 0.29) is 23.1 Å². The lowest BCUT2D eigenvalue weighted by Crippen LogP contribution is -2.45. The Balaban J connectivity index is 1.54. The standard InChI is InChI=1S/C18H17N3O4/c1-20-15(22)7-6-14(19-20)16(23)21-10-8-18(9-11-21)13-5-3-2-4-12(13)17(24)25-18/h2-7H,8-11H2,1H3. The van der Waals surface area contributed by atoms with Crippen LogP contribution < -0.4 is 5.56 Å². The predicted octanol–water partition coefficient (Wildman–Crippen LogP) is 1.08. The van der Waals surface area contributed by atoms with Crippen LogP contribution in [-0.2, 0) is 17.4 Å². The Kier molecular flexibility index (Phi) is 3.45. The van der Waals surface area contributed by atoms with Crippen LogP contribution in [0.25, 0.3) is 0 Å². The molecular weight excluding hydrogens is 322 g/mol. The molecule has 0 bridgehead atoms. The molecule has 1 spiro atoms. The van der Waals surface area contributed by atoms with Crippen molar-refractivity contribution < 1.29 is 14.3 Å². The molecule has 1 aromatic carbocycles. The number of carbonyl (C=O) groups is 2. The summed E-state index contributed by atoms with van der Waals surface area (Å²) in [6.07, 6.45) is 1.10. The van der Waals surface area contributed by atoms with Crippen LogP contribution >= 0.6 is 0 Å². The summed E-state index contributed by atoms with van der Waals surface area (Å²) in [5.74, 6) is -0.516. The maximum atomic E-state index is 12.6. The molecule has 1 aromatic heterocycles. The lowest BCUT2D eigenvalue weighted by atomic mass is 9.83. The molecule has 1 amide bonds. The molecule has 7 heteroatoms. The van der Waals surface area contributed by atoms with Crippen molar-refractivity contribution >= 4 is 11.9 Å². The SMILES string of the molecule is Cn1nc(C(=O)N2CCC3(CC2)OC(=O)c2ccccc23)ccc1=O. The quantitative estimate of drug-likeness (QED) is 0.726. The van der Waals surface area contributed by atoms with Crippen molar-refractivity contribution in [3.8, 4) is 0 Å². The number of likely N-dealkylation sites (tertiary alicyclic amines) is 1. The zero-order valence-corrected chi connectivity index (χ0v) is 13.8. The second kappa shape index (κ2) is 5.54. The molecule has 0 N–H and O–H groups in total. The van der Waals surface area contributed by atoms with Crippen LogP contribution in [0.15, 0.2) is 41.2 Å². The van der Waals surface area contributed by atoms with Gasteiger partial charge in [-0.2, -0.15) is 5.10 Å². The van der Waals surface area contributed by atoms with Gasteiger partial charge in [-0.1, -0.05) is 18.2 Å². The fraction of sp³-hybridized carbons (Fsp3) is 0.333. The molecule has 0 saturated carbocycles. The lowest BCUT2D eigenvalue weighted by molar-refractivity contribution is -0.0390. The Hall–Kier alpha value is -2.96. The van der Waals surface area contributed by atoms with Gasteiger partial charge >= 0.3 is 5.97 Å². The van der Waals surface area contributed by atoms with Crippen LogP contribution in [0.2, 0.25) is 0 Å². The van der Waals surface area contributed by atoms with E-state index in [4.69, 9.17) is 4.74 Å². The normalized spacial score (nSPS) is 18.1. The second-order valence-electron chi connectivity index (χ2n) is 6.40. The molecule has 2 aliphatic rings. The average Bonchev–Trinajstić information content (AvgIpc) is 2.90. The number of hydrogen-bond donors (Lipinski definition) is 0. The number of aromatic nitrogens is 2. The van der Waals surface area contributed by atoms with Gasteiger partial charge in [-0.15, -0.1) is 0 Å². The molecule has 25 heavy (non-hydrogen) atoms. The Labute approximate surface area is 143 Å². The van der Waals surface area contributed by atoms with E-state index in [1.807, 2.05) is 18.2 Å². The summed E-state index contributed by atoms with van der Waals surface area (Å²) in [6.45, 7) is 0.927. The van der Waals surface area contributed by atoms with Gasteiger partial charge in [0.25, 0.3) is 11.5 Å². The molecule has 4 rings (SSSR count). The van der Waals surface area contributed by atoms with Gasteiger partial charge in [-0.3, -0.25) is 9.59 Å². The van der Waals surface area contributed by atoms with Crippen molar-refractivity contribution in [3.05, 3.63) is 63.6 Å². The number of fused-ring (bicyclic) bond motifs is 2. The summed E-state index contributed by atoms with van der Waals surface area (Å²) in [5, 5.41) is 4.01. The van der Waals surface area contributed by atoms with Crippen LogP contribution in [-0.4, -0.2) is 39.6 Å². The second-order valence-corrected chi connectivity index (χ2v) is 6.40. The molecular formula is C18H17N3O4. The Morgan fingerprint density at radius 1 is 1.12 bits per heavy atom. The van der Waals surface area contributed by atoms with Gasteiger partial charge < -0.3 is 9.64 Å². The van der Waals surface area contributed by atoms with E-state index >= 15 is 0 Å². The summed E-state index contributed by atoms with van der Waals surface area (Å²) in [4.78, 5) is 37.8. The molecule has 1 fully saturated rings. The molecule has 0 atom stereocenters. The third kappa shape index (κ3) is 2.43. The first-order valence-electron chi connectivity index (χ1n) is 8.17. The summed E-state index contributed by atoms with van der Waals surface area (Å²) < 4.78 is 6.84. The zero-order valence-electron chi connectivity index (χ0n) is 13.8. The van der Waals surface area contributed by atoms with E-state index in [0.717, 1.165) is 10.2 Å². The lowest BCUT2D eigenvalue weighted by Gasteiger charge is -2.38. The van der Waals surface area contributed by atoms with Crippen LogP contribution in [0, 0.1) is 0 Å².